The minimum absolute atomic E-state index is 0.148. The molecule has 0 bridgehead atoms. The molecule has 1 aliphatic rings. The number of aryl methyl sites for hydroxylation is 1. The Bertz CT molecular complexity index is 1120. The molecule has 0 atom stereocenters. The summed E-state index contributed by atoms with van der Waals surface area (Å²) in [6.07, 6.45) is 5.97. The van der Waals surface area contributed by atoms with Crippen LogP contribution < -0.4 is 11.2 Å². The van der Waals surface area contributed by atoms with Gasteiger partial charge in [-0.3, -0.25) is 9.36 Å². The van der Waals surface area contributed by atoms with Gasteiger partial charge in [0, 0.05) is 18.7 Å². The zero-order valence-corrected chi connectivity index (χ0v) is 15.0. The molecule has 8 heteroatoms. The van der Waals surface area contributed by atoms with Crippen molar-refractivity contribution in [3.05, 3.63) is 57.0 Å². The molecule has 1 aromatic carbocycles. The molecule has 6 nitrogen and oxygen atoms in total. The predicted octanol–water partition coefficient (Wildman–Crippen LogP) is 3.15. The van der Waals surface area contributed by atoms with E-state index < -0.39 is 17.3 Å². The Hall–Kier alpha value is -2.77. The molecule has 2 heterocycles. The standard InChI is InChI=1S/C19H20F2N4O2/c1-2-23-11-22-17-16(23)18(26)25(12-6-4-3-5-7-12)19(27)24(17)13-8-9-14(20)15(21)10-13/h8-12H,2-7H2,1H3. The number of imidazole rings is 1. The zero-order chi connectivity index (χ0) is 19.1. The summed E-state index contributed by atoms with van der Waals surface area (Å²) in [6.45, 7) is 2.38. The summed E-state index contributed by atoms with van der Waals surface area (Å²) in [5.41, 5.74) is -0.334. The Morgan fingerprint density at radius 1 is 1.11 bits per heavy atom. The van der Waals surface area contributed by atoms with Gasteiger partial charge in [0.05, 0.1) is 12.0 Å². The number of fused-ring (bicyclic) bond motifs is 1. The van der Waals surface area contributed by atoms with E-state index in [-0.39, 0.29) is 22.9 Å². The largest absolute Gasteiger partial charge is 0.337 e. The molecule has 4 rings (SSSR count). The molecule has 2 aromatic heterocycles. The molecular formula is C19H20F2N4O2. The van der Waals surface area contributed by atoms with Crippen molar-refractivity contribution in [1.82, 2.24) is 18.7 Å². The number of hydrogen-bond donors (Lipinski definition) is 0. The lowest BCUT2D eigenvalue weighted by molar-refractivity contribution is 0.335. The van der Waals surface area contributed by atoms with Gasteiger partial charge in [0.2, 0.25) is 0 Å². The molecule has 0 saturated heterocycles. The summed E-state index contributed by atoms with van der Waals surface area (Å²) in [6, 6.07) is 3.05. The summed E-state index contributed by atoms with van der Waals surface area (Å²) in [5.74, 6) is -2.05. The van der Waals surface area contributed by atoms with Crippen molar-refractivity contribution >= 4 is 11.2 Å². The first-order valence-corrected chi connectivity index (χ1v) is 9.20. The molecule has 0 unspecified atom stereocenters. The van der Waals surface area contributed by atoms with E-state index in [1.807, 2.05) is 6.92 Å². The highest BCUT2D eigenvalue weighted by Crippen LogP contribution is 2.26. The molecular weight excluding hydrogens is 354 g/mol. The number of nitrogens with zero attached hydrogens (tertiary/aromatic N) is 4. The van der Waals surface area contributed by atoms with Gasteiger partial charge < -0.3 is 4.57 Å². The van der Waals surface area contributed by atoms with Crippen LogP contribution >= 0.6 is 0 Å². The average Bonchev–Trinajstić information content (AvgIpc) is 3.09. The van der Waals surface area contributed by atoms with Gasteiger partial charge in [-0.2, -0.15) is 0 Å². The first-order valence-electron chi connectivity index (χ1n) is 9.20. The van der Waals surface area contributed by atoms with Gasteiger partial charge >= 0.3 is 5.69 Å². The van der Waals surface area contributed by atoms with Crippen LogP contribution in [0.5, 0.6) is 0 Å². The maximum absolute atomic E-state index is 13.8. The van der Waals surface area contributed by atoms with E-state index in [2.05, 4.69) is 4.98 Å². The van der Waals surface area contributed by atoms with E-state index >= 15 is 0 Å². The van der Waals surface area contributed by atoms with E-state index in [0.717, 1.165) is 44.2 Å². The third-order valence-corrected chi connectivity index (χ3v) is 5.29. The molecule has 0 amide bonds. The fourth-order valence-corrected chi connectivity index (χ4v) is 3.91. The van der Waals surface area contributed by atoms with E-state index in [0.29, 0.717) is 12.1 Å². The molecule has 0 radical (unpaired) electrons. The first kappa shape index (κ1) is 17.6. The Labute approximate surface area is 153 Å². The van der Waals surface area contributed by atoms with Gasteiger partial charge in [0.15, 0.2) is 22.8 Å². The Kier molecular flexibility index (Phi) is 4.41. The molecule has 1 fully saturated rings. The lowest BCUT2D eigenvalue weighted by atomic mass is 9.95. The van der Waals surface area contributed by atoms with E-state index in [1.165, 1.54) is 21.5 Å². The monoisotopic (exact) mass is 374 g/mol. The Morgan fingerprint density at radius 2 is 1.85 bits per heavy atom. The summed E-state index contributed by atoms with van der Waals surface area (Å²) in [5, 5.41) is 0. The maximum atomic E-state index is 13.8. The number of aromatic nitrogens is 4. The second kappa shape index (κ2) is 6.75. The fourth-order valence-electron chi connectivity index (χ4n) is 3.91. The lowest BCUT2D eigenvalue weighted by Crippen LogP contribution is -2.43. The van der Waals surface area contributed by atoms with Crippen molar-refractivity contribution in [2.24, 2.45) is 0 Å². The number of halogens is 2. The van der Waals surface area contributed by atoms with Gasteiger partial charge in [-0.15, -0.1) is 0 Å². The SMILES string of the molecule is CCn1cnc2c1c(=O)n(C1CCCCC1)c(=O)n2-c1ccc(F)c(F)c1. The van der Waals surface area contributed by atoms with Gasteiger partial charge in [-0.05, 0) is 31.9 Å². The minimum atomic E-state index is -1.06. The van der Waals surface area contributed by atoms with Crippen LogP contribution in [-0.4, -0.2) is 18.7 Å². The summed E-state index contributed by atoms with van der Waals surface area (Å²) in [7, 11) is 0. The summed E-state index contributed by atoms with van der Waals surface area (Å²) >= 11 is 0. The van der Waals surface area contributed by atoms with Crippen LogP contribution in [0.15, 0.2) is 34.1 Å². The van der Waals surface area contributed by atoms with Crippen molar-refractivity contribution in [3.8, 4) is 5.69 Å². The molecule has 142 valence electrons. The number of hydrogen-bond acceptors (Lipinski definition) is 3. The highest BCUT2D eigenvalue weighted by Gasteiger charge is 2.25. The van der Waals surface area contributed by atoms with Crippen LogP contribution in [0, 0.1) is 11.6 Å². The molecule has 1 aliphatic carbocycles. The van der Waals surface area contributed by atoms with Crippen LogP contribution in [0.25, 0.3) is 16.9 Å². The molecule has 0 N–H and O–H groups in total. The van der Waals surface area contributed by atoms with Crippen molar-refractivity contribution in [2.75, 3.05) is 0 Å². The molecule has 3 aromatic rings. The van der Waals surface area contributed by atoms with E-state index in [9.17, 15) is 18.4 Å². The lowest BCUT2D eigenvalue weighted by Gasteiger charge is -2.24. The zero-order valence-electron chi connectivity index (χ0n) is 15.0. The van der Waals surface area contributed by atoms with Crippen molar-refractivity contribution in [3.63, 3.8) is 0 Å². The topological polar surface area (TPSA) is 61.8 Å². The second-order valence-electron chi connectivity index (χ2n) is 6.89. The second-order valence-corrected chi connectivity index (χ2v) is 6.89. The third kappa shape index (κ3) is 2.79. The average molecular weight is 374 g/mol. The highest BCUT2D eigenvalue weighted by molar-refractivity contribution is 5.72. The van der Waals surface area contributed by atoms with Crippen LogP contribution in [0.1, 0.15) is 45.1 Å². The Morgan fingerprint density at radius 3 is 2.52 bits per heavy atom. The normalized spacial score (nSPS) is 15.5. The molecule has 0 aliphatic heterocycles. The highest BCUT2D eigenvalue weighted by atomic mass is 19.2. The van der Waals surface area contributed by atoms with Gasteiger partial charge in [0.1, 0.15) is 0 Å². The maximum Gasteiger partial charge on any atom is 0.337 e. The third-order valence-electron chi connectivity index (χ3n) is 5.29. The number of rotatable bonds is 3. The van der Waals surface area contributed by atoms with Crippen LogP contribution in [0.3, 0.4) is 0 Å². The van der Waals surface area contributed by atoms with Crippen LogP contribution in [0.2, 0.25) is 0 Å². The van der Waals surface area contributed by atoms with Crippen molar-refractivity contribution in [1.29, 1.82) is 0 Å². The molecule has 1 saturated carbocycles. The smallest absolute Gasteiger partial charge is 0.325 e. The van der Waals surface area contributed by atoms with Gasteiger partial charge in [0.25, 0.3) is 5.56 Å². The first-order chi connectivity index (χ1) is 13.0. The summed E-state index contributed by atoms with van der Waals surface area (Å²) in [4.78, 5) is 30.6. The molecule has 0 spiro atoms. The number of benzene rings is 1. The van der Waals surface area contributed by atoms with Gasteiger partial charge in [-0.25, -0.2) is 23.1 Å². The summed E-state index contributed by atoms with van der Waals surface area (Å²) < 4.78 is 31.4. The predicted molar refractivity (Wildman–Crippen MR) is 97.3 cm³/mol. The molecule has 27 heavy (non-hydrogen) atoms. The Balaban J connectivity index is 2.08. The van der Waals surface area contributed by atoms with Crippen molar-refractivity contribution < 1.29 is 8.78 Å². The fraction of sp³-hybridized carbons (Fsp3) is 0.421. The quantitative estimate of drug-likeness (QED) is 0.708. The van der Waals surface area contributed by atoms with Crippen molar-refractivity contribution in [2.45, 2.75) is 51.6 Å². The van der Waals surface area contributed by atoms with E-state index in [4.69, 9.17) is 0 Å². The van der Waals surface area contributed by atoms with Crippen LogP contribution in [0.4, 0.5) is 8.78 Å². The van der Waals surface area contributed by atoms with Gasteiger partial charge in [-0.1, -0.05) is 19.3 Å². The van der Waals surface area contributed by atoms with Crippen LogP contribution in [-0.2, 0) is 6.54 Å². The minimum Gasteiger partial charge on any atom is -0.325 e. The van der Waals surface area contributed by atoms with E-state index in [1.54, 1.807) is 4.57 Å².